The fraction of sp³-hybridized carbons (Fsp3) is 0.385. The van der Waals surface area contributed by atoms with Gasteiger partial charge in [-0.25, -0.2) is 0 Å². The second-order valence-electron chi connectivity index (χ2n) is 4.59. The van der Waals surface area contributed by atoms with Gasteiger partial charge < -0.3 is 10.6 Å². The van der Waals surface area contributed by atoms with E-state index in [1.54, 1.807) is 25.1 Å². The molecule has 108 valence electrons. The Hall–Kier alpha value is -1.30. The summed E-state index contributed by atoms with van der Waals surface area (Å²) in [6, 6.07) is 4.62. The first-order valence-electron chi connectivity index (χ1n) is 6.24. The van der Waals surface area contributed by atoms with Crippen LogP contribution in [-0.4, -0.2) is 42.4 Å². The van der Waals surface area contributed by atoms with Gasteiger partial charge >= 0.3 is 0 Å². The van der Waals surface area contributed by atoms with Gasteiger partial charge in [-0.3, -0.25) is 14.5 Å². The zero-order chi connectivity index (χ0) is 14.7. The van der Waals surface area contributed by atoms with Crippen molar-refractivity contribution in [3.05, 3.63) is 28.2 Å². The molecule has 5 nitrogen and oxygen atoms in total. The smallest absolute Gasteiger partial charge is 0.241 e. The molecule has 0 saturated carbocycles. The first-order valence-corrected chi connectivity index (χ1v) is 7.00. The molecule has 1 heterocycles. The van der Waals surface area contributed by atoms with Crippen LogP contribution in [0.25, 0.3) is 0 Å². The van der Waals surface area contributed by atoms with Crippen LogP contribution in [0.3, 0.4) is 0 Å². The first-order chi connectivity index (χ1) is 9.49. The van der Waals surface area contributed by atoms with Crippen LogP contribution in [0.1, 0.15) is 6.92 Å². The van der Waals surface area contributed by atoms with Gasteiger partial charge in [0.05, 0.1) is 28.3 Å². The van der Waals surface area contributed by atoms with Gasteiger partial charge in [0, 0.05) is 13.1 Å². The zero-order valence-electron chi connectivity index (χ0n) is 11.0. The molecule has 0 bridgehead atoms. The van der Waals surface area contributed by atoms with Gasteiger partial charge in [-0.15, -0.1) is 0 Å². The number of nitrogens with one attached hydrogen (secondary N) is 2. The predicted octanol–water partition coefficient (Wildman–Crippen LogP) is 1.75. The standard InChI is InChI=1S/C13H15Cl2N3O2/c1-8(18-6-5-16-11(19)7-18)13(20)17-10-4-2-3-9(14)12(10)15/h2-4,8H,5-7H2,1H3,(H,16,19)(H,17,20). The molecule has 1 aliphatic heterocycles. The highest BCUT2D eigenvalue weighted by atomic mass is 35.5. The molecule has 1 aromatic carbocycles. The minimum atomic E-state index is -0.420. The van der Waals surface area contributed by atoms with Crippen LogP contribution in [-0.2, 0) is 9.59 Å². The molecule has 1 unspecified atom stereocenters. The van der Waals surface area contributed by atoms with E-state index in [9.17, 15) is 9.59 Å². The molecule has 1 fully saturated rings. The van der Waals surface area contributed by atoms with E-state index in [1.807, 2.05) is 4.90 Å². The van der Waals surface area contributed by atoms with E-state index in [0.717, 1.165) is 0 Å². The van der Waals surface area contributed by atoms with Crippen molar-refractivity contribution in [2.24, 2.45) is 0 Å². The lowest BCUT2D eigenvalue weighted by Gasteiger charge is -2.31. The molecule has 1 atom stereocenters. The Kier molecular flexibility index (Phi) is 4.86. The van der Waals surface area contributed by atoms with Gasteiger partial charge in [0.15, 0.2) is 0 Å². The Bertz CT molecular complexity index is 536. The third kappa shape index (κ3) is 3.42. The van der Waals surface area contributed by atoms with Crippen LogP contribution in [0, 0.1) is 0 Å². The summed E-state index contributed by atoms with van der Waals surface area (Å²) in [5.74, 6) is -0.291. The Labute approximate surface area is 127 Å². The highest BCUT2D eigenvalue weighted by Gasteiger charge is 2.26. The van der Waals surface area contributed by atoms with Gasteiger partial charge in [-0.2, -0.15) is 0 Å². The number of hydrogen-bond acceptors (Lipinski definition) is 3. The molecule has 1 aromatic rings. The van der Waals surface area contributed by atoms with Crippen molar-refractivity contribution in [1.82, 2.24) is 10.2 Å². The molecule has 0 aromatic heterocycles. The zero-order valence-corrected chi connectivity index (χ0v) is 12.5. The van der Waals surface area contributed by atoms with E-state index >= 15 is 0 Å². The Morgan fingerprint density at radius 1 is 1.45 bits per heavy atom. The molecule has 2 N–H and O–H groups in total. The van der Waals surface area contributed by atoms with Crippen LogP contribution >= 0.6 is 23.2 Å². The maximum absolute atomic E-state index is 12.2. The number of hydrogen-bond donors (Lipinski definition) is 2. The molecule has 1 aliphatic rings. The number of carbonyl (C=O) groups excluding carboxylic acids is 2. The molecule has 7 heteroatoms. The van der Waals surface area contributed by atoms with Crippen LogP contribution in [0.15, 0.2) is 18.2 Å². The molecule has 0 radical (unpaired) electrons. The molecule has 0 aliphatic carbocycles. The average Bonchev–Trinajstić information content (AvgIpc) is 2.43. The Morgan fingerprint density at radius 3 is 2.90 bits per heavy atom. The largest absolute Gasteiger partial charge is 0.354 e. The Balaban J connectivity index is 2.04. The topological polar surface area (TPSA) is 61.4 Å². The van der Waals surface area contributed by atoms with E-state index in [4.69, 9.17) is 23.2 Å². The number of halogens is 2. The van der Waals surface area contributed by atoms with E-state index in [-0.39, 0.29) is 18.4 Å². The molecule has 2 rings (SSSR count). The van der Waals surface area contributed by atoms with Gasteiger partial charge in [0.2, 0.25) is 11.8 Å². The van der Waals surface area contributed by atoms with Gasteiger partial charge in [-0.05, 0) is 19.1 Å². The fourth-order valence-corrected chi connectivity index (χ4v) is 2.34. The van der Waals surface area contributed by atoms with Crippen LogP contribution in [0.2, 0.25) is 10.0 Å². The number of amides is 2. The van der Waals surface area contributed by atoms with Crippen molar-refractivity contribution in [2.45, 2.75) is 13.0 Å². The van der Waals surface area contributed by atoms with Gasteiger partial charge in [0.25, 0.3) is 0 Å². The number of rotatable bonds is 3. The van der Waals surface area contributed by atoms with Crippen molar-refractivity contribution in [3.8, 4) is 0 Å². The number of carbonyl (C=O) groups is 2. The minimum absolute atomic E-state index is 0.0725. The second-order valence-corrected chi connectivity index (χ2v) is 5.37. The third-order valence-electron chi connectivity index (χ3n) is 3.20. The van der Waals surface area contributed by atoms with E-state index in [0.29, 0.717) is 28.8 Å². The highest BCUT2D eigenvalue weighted by Crippen LogP contribution is 2.29. The molecule has 20 heavy (non-hydrogen) atoms. The van der Waals surface area contributed by atoms with Crippen LogP contribution in [0.4, 0.5) is 5.69 Å². The lowest BCUT2D eigenvalue weighted by atomic mass is 10.2. The summed E-state index contributed by atoms with van der Waals surface area (Å²) in [5, 5.41) is 6.15. The van der Waals surface area contributed by atoms with E-state index < -0.39 is 6.04 Å². The summed E-state index contributed by atoms with van der Waals surface area (Å²) in [7, 11) is 0. The van der Waals surface area contributed by atoms with Crippen LogP contribution < -0.4 is 10.6 Å². The van der Waals surface area contributed by atoms with Gasteiger partial charge in [0.1, 0.15) is 0 Å². The number of piperazine rings is 1. The molecule has 1 saturated heterocycles. The summed E-state index contributed by atoms with van der Waals surface area (Å²) in [6.45, 7) is 3.17. The maximum Gasteiger partial charge on any atom is 0.241 e. The van der Waals surface area contributed by atoms with Crippen LogP contribution in [0.5, 0.6) is 0 Å². The summed E-state index contributed by atoms with van der Waals surface area (Å²) in [4.78, 5) is 25.3. The fourth-order valence-electron chi connectivity index (χ4n) is 1.99. The van der Waals surface area contributed by atoms with E-state index in [2.05, 4.69) is 10.6 Å². The summed E-state index contributed by atoms with van der Waals surface area (Å²) >= 11 is 11.9. The first kappa shape index (κ1) is 15.1. The van der Waals surface area contributed by atoms with Crippen molar-refractivity contribution in [2.75, 3.05) is 25.0 Å². The monoisotopic (exact) mass is 315 g/mol. The SMILES string of the molecule is CC(C(=O)Nc1cccc(Cl)c1Cl)N1CCNC(=O)C1. The minimum Gasteiger partial charge on any atom is -0.354 e. The second kappa shape index (κ2) is 6.43. The highest BCUT2D eigenvalue weighted by molar-refractivity contribution is 6.44. The average molecular weight is 316 g/mol. The molecular weight excluding hydrogens is 301 g/mol. The number of anilines is 1. The van der Waals surface area contributed by atoms with Crippen molar-refractivity contribution >= 4 is 40.7 Å². The normalized spacial score (nSPS) is 17.4. The number of nitrogens with zero attached hydrogens (tertiary/aromatic N) is 1. The molecule has 0 spiro atoms. The molecule has 2 amide bonds. The van der Waals surface area contributed by atoms with Crippen molar-refractivity contribution < 1.29 is 9.59 Å². The Morgan fingerprint density at radius 2 is 2.20 bits per heavy atom. The van der Waals surface area contributed by atoms with Crippen molar-refractivity contribution in [1.29, 1.82) is 0 Å². The third-order valence-corrected chi connectivity index (χ3v) is 4.02. The summed E-state index contributed by atoms with van der Waals surface area (Å²) < 4.78 is 0. The summed E-state index contributed by atoms with van der Waals surface area (Å²) in [5.41, 5.74) is 0.470. The molecular formula is C13H15Cl2N3O2. The summed E-state index contributed by atoms with van der Waals surface area (Å²) in [6.07, 6.45) is 0. The quantitative estimate of drug-likeness (QED) is 0.893. The maximum atomic E-state index is 12.2. The lowest BCUT2D eigenvalue weighted by Crippen LogP contribution is -2.53. The number of benzene rings is 1. The van der Waals surface area contributed by atoms with E-state index in [1.165, 1.54) is 0 Å². The lowest BCUT2D eigenvalue weighted by molar-refractivity contribution is -0.127. The predicted molar refractivity (Wildman–Crippen MR) is 79.1 cm³/mol. The van der Waals surface area contributed by atoms with Crippen molar-refractivity contribution in [3.63, 3.8) is 0 Å². The van der Waals surface area contributed by atoms with Gasteiger partial charge in [-0.1, -0.05) is 29.3 Å².